The molecule has 2 amide bonds. The van der Waals surface area contributed by atoms with Crippen molar-refractivity contribution in [3.8, 4) is 0 Å². The topological polar surface area (TPSA) is 59.1 Å². The van der Waals surface area contributed by atoms with Gasteiger partial charge in [-0.1, -0.05) is 6.92 Å². The second kappa shape index (κ2) is 8.13. The van der Waals surface area contributed by atoms with Gasteiger partial charge in [-0.2, -0.15) is 0 Å². The van der Waals surface area contributed by atoms with E-state index in [9.17, 15) is 9.90 Å². The number of aliphatic hydroxyl groups is 1. The van der Waals surface area contributed by atoms with Gasteiger partial charge in [-0.25, -0.2) is 4.79 Å². The maximum absolute atomic E-state index is 12.0. The molecule has 1 aliphatic heterocycles. The van der Waals surface area contributed by atoms with E-state index in [1.54, 1.807) is 11.9 Å². The first kappa shape index (κ1) is 17.5. The van der Waals surface area contributed by atoms with Crippen molar-refractivity contribution in [2.45, 2.75) is 25.9 Å². The summed E-state index contributed by atoms with van der Waals surface area (Å²) in [5.41, 5.74) is 0. The van der Waals surface area contributed by atoms with Crippen LogP contribution in [0.2, 0.25) is 0 Å². The molecule has 6 heteroatoms. The minimum Gasteiger partial charge on any atom is -0.391 e. The van der Waals surface area contributed by atoms with Gasteiger partial charge in [0.1, 0.15) is 0 Å². The van der Waals surface area contributed by atoms with Crippen LogP contribution >= 0.6 is 0 Å². The van der Waals surface area contributed by atoms with Gasteiger partial charge in [-0.3, -0.25) is 0 Å². The molecule has 1 saturated carbocycles. The Balaban J connectivity index is 1.60. The second-order valence-electron chi connectivity index (χ2n) is 7.18. The lowest BCUT2D eigenvalue weighted by atomic mass is 10.1. The third kappa shape index (κ3) is 5.74. The lowest BCUT2D eigenvalue weighted by molar-refractivity contribution is 0.112. The van der Waals surface area contributed by atoms with E-state index in [-0.39, 0.29) is 12.1 Å². The van der Waals surface area contributed by atoms with E-state index < -0.39 is 0 Å². The molecule has 2 fully saturated rings. The fourth-order valence-corrected chi connectivity index (χ4v) is 2.93. The summed E-state index contributed by atoms with van der Waals surface area (Å²) in [6.45, 7) is 8.81. The van der Waals surface area contributed by atoms with E-state index in [1.807, 2.05) is 0 Å². The summed E-state index contributed by atoms with van der Waals surface area (Å²) in [7, 11) is 3.92. The zero-order chi connectivity index (χ0) is 16.1. The van der Waals surface area contributed by atoms with Crippen LogP contribution in [0, 0.1) is 11.8 Å². The van der Waals surface area contributed by atoms with Crippen LogP contribution in [0.4, 0.5) is 4.79 Å². The molecular weight excluding hydrogens is 280 g/mol. The highest BCUT2D eigenvalue weighted by molar-refractivity contribution is 5.73. The number of urea groups is 1. The Labute approximate surface area is 134 Å². The molecule has 1 aliphatic carbocycles. The Morgan fingerprint density at radius 2 is 1.95 bits per heavy atom. The number of piperazine rings is 1. The predicted molar refractivity (Wildman–Crippen MR) is 87.9 cm³/mol. The number of carbonyl (C=O) groups is 1. The summed E-state index contributed by atoms with van der Waals surface area (Å²) < 4.78 is 0. The smallest absolute Gasteiger partial charge is 0.317 e. The van der Waals surface area contributed by atoms with Crippen molar-refractivity contribution in [1.29, 1.82) is 0 Å². The van der Waals surface area contributed by atoms with E-state index in [0.717, 1.165) is 45.6 Å². The number of carbonyl (C=O) groups excluding carboxylic acids is 1. The number of nitrogens with one attached hydrogen (secondary N) is 1. The quantitative estimate of drug-likeness (QED) is 0.709. The molecule has 2 aliphatic rings. The highest BCUT2D eigenvalue weighted by Crippen LogP contribution is 2.32. The van der Waals surface area contributed by atoms with Gasteiger partial charge in [0.15, 0.2) is 0 Å². The molecule has 1 saturated heterocycles. The normalized spacial score (nSPS) is 23.1. The van der Waals surface area contributed by atoms with Gasteiger partial charge < -0.3 is 25.1 Å². The van der Waals surface area contributed by atoms with E-state index in [2.05, 4.69) is 29.1 Å². The Morgan fingerprint density at radius 1 is 1.32 bits per heavy atom. The number of nitrogens with zero attached hydrogens (tertiary/aromatic N) is 3. The van der Waals surface area contributed by atoms with E-state index in [0.29, 0.717) is 24.9 Å². The molecule has 0 aromatic carbocycles. The van der Waals surface area contributed by atoms with Crippen molar-refractivity contribution < 1.29 is 9.90 Å². The zero-order valence-electron chi connectivity index (χ0n) is 14.3. The number of amides is 2. The van der Waals surface area contributed by atoms with Crippen molar-refractivity contribution in [2.75, 3.05) is 59.9 Å². The van der Waals surface area contributed by atoms with Crippen LogP contribution in [-0.4, -0.2) is 91.8 Å². The number of rotatable bonds is 7. The Kier molecular flexibility index (Phi) is 6.47. The molecule has 2 N–H and O–H groups in total. The van der Waals surface area contributed by atoms with Crippen molar-refractivity contribution in [2.24, 2.45) is 11.8 Å². The Morgan fingerprint density at radius 3 is 2.55 bits per heavy atom. The maximum Gasteiger partial charge on any atom is 0.317 e. The monoisotopic (exact) mass is 312 g/mol. The number of hydrogen-bond donors (Lipinski definition) is 2. The van der Waals surface area contributed by atoms with Gasteiger partial charge in [0, 0.05) is 52.9 Å². The Hall–Kier alpha value is -0.850. The summed E-state index contributed by atoms with van der Waals surface area (Å²) in [6, 6.07) is -0.0788. The highest BCUT2D eigenvalue weighted by atomic mass is 16.3. The molecule has 22 heavy (non-hydrogen) atoms. The van der Waals surface area contributed by atoms with Crippen LogP contribution in [0.15, 0.2) is 0 Å². The average molecular weight is 312 g/mol. The number of aliphatic hydroxyl groups excluding tert-OH is 1. The largest absolute Gasteiger partial charge is 0.391 e. The van der Waals surface area contributed by atoms with Crippen LogP contribution < -0.4 is 5.32 Å². The predicted octanol–water partition coefficient (Wildman–Crippen LogP) is 0.282. The lowest BCUT2D eigenvalue weighted by Gasteiger charge is -2.34. The van der Waals surface area contributed by atoms with Crippen LogP contribution in [-0.2, 0) is 0 Å². The standard InChI is InChI=1S/C16H32N4O2/c1-13(11-20-8-6-18(2)7-9-20)10-17-16(22)19(3)12-15(21)14-4-5-14/h13-15,21H,4-12H2,1-3H3,(H,17,22). The summed E-state index contributed by atoms with van der Waals surface area (Å²) in [5.74, 6) is 0.848. The molecule has 128 valence electrons. The average Bonchev–Trinajstić information content (AvgIpc) is 3.31. The van der Waals surface area contributed by atoms with Crippen LogP contribution in [0.25, 0.3) is 0 Å². The molecule has 2 rings (SSSR count). The first-order chi connectivity index (χ1) is 10.5. The fraction of sp³-hybridized carbons (Fsp3) is 0.938. The molecule has 1 heterocycles. The maximum atomic E-state index is 12.0. The SMILES string of the molecule is CC(CNC(=O)N(C)CC(O)C1CC1)CN1CCN(C)CC1. The lowest BCUT2D eigenvalue weighted by Crippen LogP contribution is -2.48. The minimum atomic E-state index is -0.362. The van der Waals surface area contributed by atoms with Crippen molar-refractivity contribution in [1.82, 2.24) is 20.0 Å². The minimum absolute atomic E-state index is 0.0788. The summed E-state index contributed by atoms with van der Waals surface area (Å²) in [6.07, 6.45) is 1.83. The van der Waals surface area contributed by atoms with E-state index >= 15 is 0 Å². The van der Waals surface area contributed by atoms with Gasteiger partial charge in [-0.15, -0.1) is 0 Å². The number of likely N-dealkylation sites (N-methyl/N-ethyl adjacent to an activating group) is 2. The van der Waals surface area contributed by atoms with E-state index in [1.165, 1.54) is 0 Å². The van der Waals surface area contributed by atoms with Gasteiger partial charge in [0.25, 0.3) is 0 Å². The van der Waals surface area contributed by atoms with Gasteiger partial charge in [-0.05, 0) is 31.7 Å². The summed E-state index contributed by atoms with van der Waals surface area (Å²) in [4.78, 5) is 18.5. The van der Waals surface area contributed by atoms with Crippen LogP contribution in [0.5, 0.6) is 0 Å². The Bertz CT molecular complexity index is 354. The molecule has 0 radical (unpaired) electrons. The summed E-state index contributed by atoms with van der Waals surface area (Å²) >= 11 is 0. The molecule has 0 aromatic heterocycles. The van der Waals surface area contributed by atoms with E-state index in [4.69, 9.17) is 0 Å². The molecule has 2 unspecified atom stereocenters. The molecular formula is C16H32N4O2. The van der Waals surface area contributed by atoms with Gasteiger partial charge >= 0.3 is 6.03 Å². The zero-order valence-corrected chi connectivity index (χ0v) is 14.3. The molecule has 6 nitrogen and oxygen atoms in total. The molecule has 0 spiro atoms. The first-order valence-electron chi connectivity index (χ1n) is 8.53. The second-order valence-corrected chi connectivity index (χ2v) is 7.18. The van der Waals surface area contributed by atoms with Crippen LogP contribution in [0.1, 0.15) is 19.8 Å². The van der Waals surface area contributed by atoms with Gasteiger partial charge in [0.05, 0.1) is 6.10 Å². The summed E-state index contributed by atoms with van der Waals surface area (Å²) in [5, 5.41) is 12.9. The van der Waals surface area contributed by atoms with Crippen molar-refractivity contribution in [3.63, 3.8) is 0 Å². The highest BCUT2D eigenvalue weighted by Gasteiger charge is 2.31. The third-order valence-corrected chi connectivity index (χ3v) is 4.74. The van der Waals surface area contributed by atoms with Crippen molar-refractivity contribution >= 4 is 6.03 Å². The molecule has 2 atom stereocenters. The number of hydrogen-bond acceptors (Lipinski definition) is 4. The van der Waals surface area contributed by atoms with Gasteiger partial charge in [0.2, 0.25) is 0 Å². The third-order valence-electron chi connectivity index (χ3n) is 4.74. The molecule has 0 bridgehead atoms. The first-order valence-corrected chi connectivity index (χ1v) is 8.53. The fourth-order valence-electron chi connectivity index (χ4n) is 2.93. The van der Waals surface area contributed by atoms with Crippen molar-refractivity contribution in [3.05, 3.63) is 0 Å². The molecule has 0 aromatic rings. The van der Waals surface area contributed by atoms with Crippen LogP contribution in [0.3, 0.4) is 0 Å².